The average Bonchev–Trinajstić information content (AvgIpc) is 2.14. The number of nitrogen functional groups attached to an aromatic ring is 2. The van der Waals surface area contributed by atoms with Gasteiger partial charge in [0, 0.05) is 5.69 Å². The Bertz CT molecular complexity index is 381. The topological polar surface area (TPSA) is 87.3 Å². The van der Waals surface area contributed by atoms with Crippen LogP contribution >= 0.6 is 11.8 Å². The summed E-state index contributed by atoms with van der Waals surface area (Å²) in [5.74, 6) is 0.689. The number of nitrogens with two attached hydrogens (primary N) is 3. The third-order valence-corrected chi connectivity index (χ3v) is 3.27. The third-order valence-electron chi connectivity index (χ3n) is 2.17. The first kappa shape index (κ1) is 9.48. The van der Waals surface area contributed by atoms with E-state index in [0.717, 1.165) is 10.5 Å². The molecule has 1 atom stereocenters. The second-order valence-corrected chi connectivity index (χ2v) is 4.57. The highest BCUT2D eigenvalue weighted by Gasteiger charge is 2.22. The highest BCUT2D eigenvalue weighted by Crippen LogP contribution is 2.44. The number of thioether (sulfide) groups is 1. The summed E-state index contributed by atoms with van der Waals surface area (Å²) < 4.78 is 5.48. The normalized spacial score (nSPS) is 20.0. The molecule has 0 spiro atoms. The van der Waals surface area contributed by atoms with Crippen LogP contribution in [0.5, 0.6) is 5.75 Å². The van der Waals surface area contributed by atoms with Gasteiger partial charge in [-0.1, -0.05) is 11.8 Å². The highest BCUT2D eigenvalue weighted by atomic mass is 32.2. The van der Waals surface area contributed by atoms with Crippen molar-refractivity contribution in [1.29, 1.82) is 0 Å². The van der Waals surface area contributed by atoms with Gasteiger partial charge in [-0.3, -0.25) is 0 Å². The number of hydrogen-bond acceptors (Lipinski definition) is 5. The number of anilines is 2. The van der Waals surface area contributed by atoms with Crippen LogP contribution in [0.4, 0.5) is 11.4 Å². The maximum Gasteiger partial charge on any atom is 0.158 e. The molecule has 76 valence electrons. The fourth-order valence-corrected chi connectivity index (χ4v) is 2.33. The summed E-state index contributed by atoms with van der Waals surface area (Å²) in [6, 6.07) is 1.85. The number of benzene rings is 1. The van der Waals surface area contributed by atoms with Crippen LogP contribution < -0.4 is 21.9 Å². The lowest BCUT2D eigenvalue weighted by molar-refractivity contribution is 0.306. The molecule has 0 saturated carbocycles. The summed E-state index contributed by atoms with van der Waals surface area (Å²) in [5.41, 5.74) is 19.8. The summed E-state index contributed by atoms with van der Waals surface area (Å²) in [6.07, 6.45) is 0. The van der Waals surface area contributed by atoms with Crippen LogP contribution in [-0.4, -0.2) is 12.0 Å². The van der Waals surface area contributed by atoms with Crippen molar-refractivity contribution in [2.24, 2.45) is 5.73 Å². The number of aryl methyl sites for hydroxylation is 1. The van der Waals surface area contributed by atoms with Gasteiger partial charge in [0.2, 0.25) is 0 Å². The fraction of sp³-hybridized carbons (Fsp3) is 0.333. The number of fused-ring (bicyclic) bond motifs is 1. The smallest absolute Gasteiger partial charge is 0.158 e. The van der Waals surface area contributed by atoms with E-state index in [-0.39, 0.29) is 5.37 Å². The Morgan fingerprint density at radius 1 is 1.50 bits per heavy atom. The number of hydrogen-bond donors (Lipinski definition) is 3. The van der Waals surface area contributed by atoms with Gasteiger partial charge >= 0.3 is 0 Å². The molecule has 0 bridgehead atoms. The maximum atomic E-state index is 5.88. The van der Waals surface area contributed by atoms with Crippen LogP contribution in [0, 0.1) is 6.92 Å². The summed E-state index contributed by atoms with van der Waals surface area (Å²) in [5, 5.41) is -0.0630. The summed E-state index contributed by atoms with van der Waals surface area (Å²) in [6.45, 7) is 2.39. The minimum absolute atomic E-state index is 0.0630. The van der Waals surface area contributed by atoms with E-state index in [4.69, 9.17) is 21.9 Å². The van der Waals surface area contributed by atoms with Crippen molar-refractivity contribution in [1.82, 2.24) is 0 Å². The lowest BCUT2D eigenvalue weighted by Crippen LogP contribution is -2.28. The lowest BCUT2D eigenvalue weighted by atomic mass is 10.1. The van der Waals surface area contributed by atoms with Gasteiger partial charge in [-0.2, -0.15) is 0 Å². The number of ether oxygens (including phenoxy) is 1. The van der Waals surface area contributed by atoms with Gasteiger partial charge in [-0.15, -0.1) is 0 Å². The summed E-state index contributed by atoms with van der Waals surface area (Å²) in [4.78, 5) is 0.867. The summed E-state index contributed by atoms with van der Waals surface area (Å²) in [7, 11) is 0. The van der Waals surface area contributed by atoms with Gasteiger partial charge in [0.05, 0.1) is 16.0 Å². The van der Waals surface area contributed by atoms with Crippen molar-refractivity contribution in [3.63, 3.8) is 0 Å². The molecule has 0 aliphatic carbocycles. The minimum atomic E-state index is -0.0630. The van der Waals surface area contributed by atoms with Crippen molar-refractivity contribution in [3.05, 3.63) is 11.6 Å². The van der Waals surface area contributed by atoms with Gasteiger partial charge in [0.1, 0.15) is 6.61 Å². The third kappa shape index (κ3) is 1.38. The predicted octanol–water partition coefficient (Wildman–Crippen LogP) is 0.929. The van der Waals surface area contributed by atoms with E-state index in [0.29, 0.717) is 23.7 Å². The van der Waals surface area contributed by atoms with Crippen molar-refractivity contribution in [2.45, 2.75) is 17.2 Å². The molecule has 4 nitrogen and oxygen atoms in total. The molecule has 0 aromatic heterocycles. The van der Waals surface area contributed by atoms with Crippen LogP contribution in [0.2, 0.25) is 0 Å². The number of rotatable bonds is 0. The molecule has 1 aromatic rings. The zero-order chi connectivity index (χ0) is 10.3. The van der Waals surface area contributed by atoms with Gasteiger partial charge in [-0.05, 0) is 18.6 Å². The fourth-order valence-electron chi connectivity index (χ4n) is 1.42. The van der Waals surface area contributed by atoms with Gasteiger partial charge in [-0.25, -0.2) is 0 Å². The molecule has 5 heteroatoms. The van der Waals surface area contributed by atoms with Gasteiger partial charge < -0.3 is 21.9 Å². The molecule has 1 aliphatic heterocycles. The van der Waals surface area contributed by atoms with Crippen molar-refractivity contribution < 1.29 is 4.74 Å². The SMILES string of the molecule is Cc1cc(N)c2c(c1N)OCC(N)S2. The molecule has 14 heavy (non-hydrogen) atoms. The molecule has 0 radical (unpaired) electrons. The average molecular weight is 211 g/mol. The molecule has 6 N–H and O–H groups in total. The first-order chi connectivity index (χ1) is 6.59. The van der Waals surface area contributed by atoms with E-state index >= 15 is 0 Å². The van der Waals surface area contributed by atoms with Crippen LogP contribution in [0.3, 0.4) is 0 Å². The largest absolute Gasteiger partial charge is 0.488 e. The minimum Gasteiger partial charge on any atom is -0.488 e. The van der Waals surface area contributed by atoms with Crippen LogP contribution in [-0.2, 0) is 0 Å². The summed E-state index contributed by atoms with van der Waals surface area (Å²) >= 11 is 1.51. The van der Waals surface area contributed by atoms with Crippen molar-refractivity contribution in [2.75, 3.05) is 18.1 Å². The van der Waals surface area contributed by atoms with E-state index in [1.54, 1.807) is 0 Å². The zero-order valence-electron chi connectivity index (χ0n) is 7.91. The molecule has 2 rings (SSSR count). The maximum absolute atomic E-state index is 5.88. The van der Waals surface area contributed by atoms with Crippen LogP contribution in [0.15, 0.2) is 11.0 Å². The Morgan fingerprint density at radius 2 is 2.21 bits per heavy atom. The molecule has 0 amide bonds. The Hall–Kier alpha value is -1.07. The van der Waals surface area contributed by atoms with Crippen LogP contribution in [0.1, 0.15) is 5.56 Å². The Labute approximate surface area is 86.8 Å². The Morgan fingerprint density at radius 3 is 2.93 bits per heavy atom. The predicted molar refractivity (Wildman–Crippen MR) is 59.3 cm³/mol. The van der Waals surface area contributed by atoms with Crippen molar-refractivity contribution >= 4 is 23.1 Å². The molecule has 1 unspecified atom stereocenters. The van der Waals surface area contributed by atoms with Crippen molar-refractivity contribution in [3.8, 4) is 5.75 Å². The second kappa shape index (κ2) is 3.25. The molecular formula is C9H13N3OS. The quantitative estimate of drug-likeness (QED) is 0.556. The van der Waals surface area contributed by atoms with Crippen LogP contribution in [0.25, 0.3) is 0 Å². The van der Waals surface area contributed by atoms with E-state index in [9.17, 15) is 0 Å². The first-order valence-corrected chi connectivity index (χ1v) is 5.21. The molecule has 1 aliphatic rings. The van der Waals surface area contributed by atoms with E-state index < -0.39 is 0 Å². The molecule has 1 heterocycles. The van der Waals surface area contributed by atoms with Gasteiger partial charge in [0.25, 0.3) is 0 Å². The molecular weight excluding hydrogens is 198 g/mol. The van der Waals surface area contributed by atoms with Gasteiger partial charge in [0.15, 0.2) is 5.75 Å². The molecule has 1 aromatic carbocycles. The Balaban J connectivity index is 2.57. The molecule has 0 saturated heterocycles. The lowest BCUT2D eigenvalue weighted by Gasteiger charge is -2.25. The Kier molecular flexibility index (Phi) is 2.20. The van der Waals surface area contributed by atoms with E-state index in [1.807, 2.05) is 13.0 Å². The second-order valence-electron chi connectivity index (χ2n) is 3.32. The molecule has 0 fully saturated rings. The standard InChI is InChI=1S/C9H13N3OS/c1-4-2-5(10)9-8(7(4)12)13-3-6(11)14-9/h2,6H,3,10-12H2,1H3. The van der Waals surface area contributed by atoms with E-state index in [2.05, 4.69) is 0 Å². The van der Waals surface area contributed by atoms with E-state index in [1.165, 1.54) is 11.8 Å². The first-order valence-electron chi connectivity index (χ1n) is 4.33. The highest BCUT2D eigenvalue weighted by molar-refractivity contribution is 8.00. The zero-order valence-corrected chi connectivity index (χ0v) is 8.73. The monoisotopic (exact) mass is 211 g/mol.